The first-order chi connectivity index (χ1) is 11.3. The summed E-state index contributed by atoms with van der Waals surface area (Å²) in [7, 11) is 0. The fourth-order valence-electron chi connectivity index (χ4n) is 3.78. The number of nitrogens with one attached hydrogen (secondary N) is 2. The third kappa shape index (κ3) is 5.05. The lowest BCUT2D eigenvalue weighted by atomic mass is 10.0. The summed E-state index contributed by atoms with van der Waals surface area (Å²) in [6.45, 7) is 3.98. The normalized spacial score (nSPS) is 25.4. The van der Waals surface area contributed by atoms with Gasteiger partial charge in [0, 0.05) is 31.6 Å². The van der Waals surface area contributed by atoms with Crippen molar-refractivity contribution in [1.82, 2.24) is 15.5 Å². The van der Waals surface area contributed by atoms with E-state index >= 15 is 0 Å². The molecule has 1 aromatic carbocycles. The number of likely N-dealkylation sites (tertiary alicyclic amines) is 1. The van der Waals surface area contributed by atoms with Gasteiger partial charge in [0.1, 0.15) is 0 Å². The van der Waals surface area contributed by atoms with Crippen molar-refractivity contribution in [1.29, 1.82) is 0 Å². The molecule has 0 saturated carbocycles. The highest BCUT2D eigenvalue weighted by atomic mass is 16.1. The van der Waals surface area contributed by atoms with Crippen molar-refractivity contribution < 1.29 is 4.79 Å². The summed E-state index contributed by atoms with van der Waals surface area (Å²) in [6.07, 6.45) is 6.70. The van der Waals surface area contributed by atoms with Crippen LogP contribution in [0.25, 0.3) is 0 Å². The number of carbonyl (C=O) groups excluding carboxylic acids is 1. The van der Waals surface area contributed by atoms with Crippen molar-refractivity contribution in [3.8, 4) is 0 Å². The maximum atomic E-state index is 12.1. The molecule has 0 radical (unpaired) electrons. The molecular formula is C19H29N3O. The highest BCUT2D eigenvalue weighted by Gasteiger charge is 2.24. The summed E-state index contributed by atoms with van der Waals surface area (Å²) in [5, 5.41) is 6.57. The maximum Gasteiger partial charge on any atom is 0.221 e. The molecule has 3 rings (SSSR count). The molecule has 0 aromatic heterocycles. The molecule has 4 nitrogen and oxygen atoms in total. The molecular weight excluding hydrogens is 286 g/mol. The third-order valence-corrected chi connectivity index (χ3v) is 5.11. The molecule has 2 N–H and O–H groups in total. The summed E-state index contributed by atoms with van der Waals surface area (Å²) >= 11 is 0. The minimum Gasteiger partial charge on any atom is -0.354 e. The van der Waals surface area contributed by atoms with Crippen molar-refractivity contribution in [2.24, 2.45) is 0 Å². The minimum atomic E-state index is 0.203. The van der Waals surface area contributed by atoms with Gasteiger partial charge >= 0.3 is 0 Å². The first-order valence-corrected chi connectivity index (χ1v) is 9.09. The molecule has 2 saturated heterocycles. The average molecular weight is 315 g/mol. The number of hydrogen-bond acceptors (Lipinski definition) is 3. The fourth-order valence-corrected chi connectivity index (χ4v) is 3.78. The Hall–Kier alpha value is -1.39. The topological polar surface area (TPSA) is 44.4 Å². The van der Waals surface area contributed by atoms with Gasteiger partial charge in [0.15, 0.2) is 0 Å². The van der Waals surface area contributed by atoms with E-state index in [1.807, 2.05) is 0 Å². The standard InChI is InChI=1S/C19H29N3O/c23-19(13-17-9-6-11-20-17)21-14-18-10-4-5-12-22(18)15-16-7-2-1-3-8-16/h1-3,7-8,17-18,20H,4-6,9-15H2,(H,21,23). The van der Waals surface area contributed by atoms with Crippen LogP contribution in [0.3, 0.4) is 0 Å². The zero-order chi connectivity index (χ0) is 15.9. The van der Waals surface area contributed by atoms with E-state index in [0.29, 0.717) is 18.5 Å². The Morgan fingerprint density at radius 3 is 2.83 bits per heavy atom. The Bertz CT molecular complexity index is 485. The number of nitrogens with zero attached hydrogens (tertiary/aromatic N) is 1. The lowest BCUT2D eigenvalue weighted by Gasteiger charge is -2.36. The van der Waals surface area contributed by atoms with Gasteiger partial charge < -0.3 is 10.6 Å². The first kappa shape index (κ1) is 16.5. The van der Waals surface area contributed by atoms with E-state index in [1.165, 1.54) is 31.2 Å². The van der Waals surface area contributed by atoms with Crippen molar-refractivity contribution in [3.63, 3.8) is 0 Å². The Labute approximate surface area is 139 Å². The summed E-state index contributed by atoms with van der Waals surface area (Å²) < 4.78 is 0. The quantitative estimate of drug-likeness (QED) is 0.846. The second-order valence-corrected chi connectivity index (χ2v) is 6.91. The van der Waals surface area contributed by atoms with Gasteiger partial charge in [-0.3, -0.25) is 9.69 Å². The molecule has 2 unspecified atom stereocenters. The number of carbonyl (C=O) groups is 1. The SMILES string of the molecule is O=C(CC1CCCN1)NCC1CCCCN1Cc1ccccc1. The van der Waals surface area contributed by atoms with Crippen molar-refractivity contribution in [2.45, 2.75) is 57.2 Å². The Morgan fingerprint density at radius 1 is 1.17 bits per heavy atom. The molecule has 1 aromatic rings. The van der Waals surface area contributed by atoms with Crippen molar-refractivity contribution >= 4 is 5.91 Å². The van der Waals surface area contributed by atoms with E-state index in [2.05, 4.69) is 45.9 Å². The maximum absolute atomic E-state index is 12.1. The number of rotatable bonds is 6. The van der Waals surface area contributed by atoms with Gasteiger partial charge in [-0.05, 0) is 44.3 Å². The molecule has 2 aliphatic rings. The molecule has 126 valence electrons. The van der Waals surface area contributed by atoms with E-state index in [1.54, 1.807) is 0 Å². The predicted octanol–water partition coefficient (Wildman–Crippen LogP) is 2.30. The van der Waals surface area contributed by atoms with Gasteiger partial charge in [-0.1, -0.05) is 36.8 Å². The first-order valence-electron chi connectivity index (χ1n) is 9.09. The van der Waals surface area contributed by atoms with E-state index in [0.717, 1.165) is 32.6 Å². The van der Waals surface area contributed by atoms with Crippen LogP contribution >= 0.6 is 0 Å². The number of hydrogen-bond donors (Lipinski definition) is 2. The summed E-state index contributed by atoms with van der Waals surface area (Å²) in [5.74, 6) is 0.203. The Morgan fingerprint density at radius 2 is 2.04 bits per heavy atom. The number of benzene rings is 1. The molecule has 2 aliphatic heterocycles. The van der Waals surface area contributed by atoms with E-state index in [9.17, 15) is 4.79 Å². The molecule has 2 atom stereocenters. The summed E-state index contributed by atoms with van der Waals surface area (Å²) in [6, 6.07) is 11.5. The molecule has 2 heterocycles. The van der Waals surface area contributed by atoms with Gasteiger partial charge in [-0.15, -0.1) is 0 Å². The zero-order valence-corrected chi connectivity index (χ0v) is 14.0. The fraction of sp³-hybridized carbons (Fsp3) is 0.632. The van der Waals surface area contributed by atoms with E-state index in [4.69, 9.17) is 0 Å². The average Bonchev–Trinajstić information content (AvgIpc) is 3.08. The molecule has 0 spiro atoms. The van der Waals surface area contributed by atoms with Crippen LogP contribution < -0.4 is 10.6 Å². The number of piperidine rings is 1. The van der Waals surface area contributed by atoms with Gasteiger partial charge in [0.2, 0.25) is 5.91 Å². The minimum absolute atomic E-state index is 0.203. The second kappa shape index (κ2) is 8.46. The van der Waals surface area contributed by atoms with Crippen LogP contribution in [0.5, 0.6) is 0 Å². The predicted molar refractivity (Wildman–Crippen MR) is 93.1 cm³/mol. The van der Waals surface area contributed by atoms with Crippen molar-refractivity contribution in [3.05, 3.63) is 35.9 Å². The molecule has 0 aliphatic carbocycles. The highest BCUT2D eigenvalue weighted by Crippen LogP contribution is 2.19. The second-order valence-electron chi connectivity index (χ2n) is 6.91. The van der Waals surface area contributed by atoms with Crippen LogP contribution in [-0.2, 0) is 11.3 Å². The van der Waals surface area contributed by atoms with Crippen LogP contribution in [0.4, 0.5) is 0 Å². The third-order valence-electron chi connectivity index (χ3n) is 5.11. The summed E-state index contributed by atoms with van der Waals surface area (Å²) in [5.41, 5.74) is 1.36. The lowest BCUT2D eigenvalue weighted by molar-refractivity contribution is -0.121. The van der Waals surface area contributed by atoms with Crippen LogP contribution in [0.15, 0.2) is 30.3 Å². The molecule has 23 heavy (non-hydrogen) atoms. The molecule has 4 heteroatoms. The number of amides is 1. The Balaban J connectivity index is 1.47. The van der Waals surface area contributed by atoms with Crippen LogP contribution in [-0.4, -0.2) is 42.5 Å². The van der Waals surface area contributed by atoms with Gasteiger partial charge in [0.05, 0.1) is 0 Å². The van der Waals surface area contributed by atoms with Gasteiger partial charge in [-0.25, -0.2) is 0 Å². The van der Waals surface area contributed by atoms with Crippen molar-refractivity contribution in [2.75, 3.05) is 19.6 Å². The molecule has 2 fully saturated rings. The van der Waals surface area contributed by atoms with E-state index in [-0.39, 0.29) is 5.91 Å². The summed E-state index contributed by atoms with van der Waals surface area (Å²) in [4.78, 5) is 14.7. The van der Waals surface area contributed by atoms with Crippen LogP contribution in [0.2, 0.25) is 0 Å². The monoisotopic (exact) mass is 315 g/mol. The molecule has 1 amide bonds. The largest absolute Gasteiger partial charge is 0.354 e. The zero-order valence-electron chi connectivity index (χ0n) is 14.0. The van der Waals surface area contributed by atoms with Gasteiger partial charge in [-0.2, -0.15) is 0 Å². The Kier molecular flexibility index (Phi) is 6.06. The lowest BCUT2D eigenvalue weighted by Crippen LogP contribution is -2.46. The molecule has 0 bridgehead atoms. The van der Waals surface area contributed by atoms with E-state index < -0.39 is 0 Å². The highest BCUT2D eigenvalue weighted by molar-refractivity contribution is 5.76. The van der Waals surface area contributed by atoms with Crippen LogP contribution in [0.1, 0.15) is 44.1 Å². The van der Waals surface area contributed by atoms with Crippen LogP contribution in [0, 0.1) is 0 Å². The smallest absolute Gasteiger partial charge is 0.221 e. The van der Waals surface area contributed by atoms with Gasteiger partial charge in [0.25, 0.3) is 0 Å².